The van der Waals surface area contributed by atoms with E-state index < -0.39 is 0 Å². The van der Waals surface area contributed by atoms with Crippen LogP contribution in [0.2, 0.25) is 0 Å². The Kier molecular flexibility index (Phi) is 5.92. The minimum Gasteiger partial charge on any atom is -0.308 e. The van der Waals surface area contributed by atoms with Crippen molar-refractivity contribution in [3.63, 3.8) is 0 Å². The van der Waals surface area contributed by atoms with Gasteiger partial charge >= 0.3 is 0 Å². The van der Waals surface area contributed by atoms with E-state index in [1.54, 1.807) is 0 Å². The number of nitrogens with one attached hydrogen (secondary N) is 1. The lowest BCUT2D eigenvalue weighted by Gasteiger charge is -2.52. The van der Waals surface area contributed by atoms with E-state index in [4.69, 9.17) is 0 Å². The molecule has 0 amide bonds. The maximum absolute atomic E-state index is 3.95. The molecule has 2 nitrogen and oxygen atoms in total. The lowest BCUT2D eigenvalue weighted by atomic mass is 9.78. The van der Waals surface area contributed by atoms with Gasteiger partial charge in [-0.15, -0.1) is 0 Å². The third-order valence-corrected chi connectivity index (χ3v) is 5.96. The van der Waals surface area contributed by atoms with E-state index in [0.717, 1.165) is 18.0 Å². The van der Waals surface area contributed by atoms with Crippen molar-refractivity contribution >= 4 is 0 Å². The van der Waals surface area contributed by atoms with Crippen molar-refractivity contribution in [1.82, 2.24) is 10.2 Å². The van der Waals surface area contributed by atoms with Crippen LogP contribution in [0.4, 0.5) is 0 Å². The van der Waals surface area contributed by atoms with Crippen molar-refractivity contribution in [2.75, 3.05) is 13.1 Å². The summed E-state index contributed by atoms with van der Waals surface area (Å²) in [6.07, 6.45) is 11.1. The van der Waals surface area contributed by atoms with Crippen LogP contribution < -0.4 is 5.32 Å². The molecule has 1 N–H and O–H groups in total. The predicted molar refractivity (Wildman–Crippen MR) is 88.1 cm³/mol. The summed E-state index contributed by atoms with van der Waals surface area (Å²) < 4.78 is 0. The minimum absolute atomic E-state index is 0.452. The Morgan fingerprint density at radius 3 is 2.45 bits per heavy atom. The average molecular weight is 280 g/mol. The maximum atomic E-state index is 3.95. The lowest BCUT2D eigenvalue weighted by Crippen LogP contribution is -2.66. The van der Waals surface area contributed by atoms with Crippen LogP contribution in [0.1, 0.15) is 79.1 Å². The summed E-state index contributed by atoms with van der Waals surface area (Å²) in [6, 6.07) is 1.50. The molecular formula is C18H36N2. The average Bonchev–Trinajstić information content (AvgIpc) is 2.48. The molecule has 2 aliphatic rings. The van der Waals surface area contributed by atoms with E-state index in [-0.39, 0.29) is 0 Å². The molecule has 20 heavy (non-hydrogen) atoms. The van der Waals surface area contributed by atoms with Crippen LogP contribution in [0, 0.1) is 5.92 Å². The molecule has 0 aromatic rings. The quantitative estimate of drug-likeness (QED) is 0.812. The Bertz CT molecular complexity index is 283. The summed E-state index contributed by atoms with van der Waals surface area (Å²) in [4.78, 5) is 2.86. The SMILES string of the molecule is CCC(C)CC(C)N1CC2(CCCCC2)NCC1CC. The Morgan fingerprint density at radius 1 is 1.15 bits per heavy atom. The standard InChI is InChI=1S/C18H36N2/c1-5-15(3)12-16(4)20-14-18(10-8-7-9-11-18)19-13-17(20)6-2/h15-17,19H,5-14H2,1-4H3. The van der Waals surface area contributed by atoms with Gasteiger partial charge in [-0.3, -0.25) is 4.90 Å². The third-order valence-electron chi connectivity index (χ3n) is 5.96. The molecule has 3 unspecified atom stereocenters. The summed E-state index contributed by atoms with van der Waals surface area (Å²) in [5.41, 5.74) is 0.452. The Hall–Kier alpha value is -0.0800. The highest BCUT2D eigenvalue weighted by molar-refractivity contribution is 5.00. The Morgan fingerprint density at radius 2 is 1.85 bits per heavy atom. The van der Waals surface area contributed by atoms with Gasteiger partial charge in [-0.2, -0.15) is 0 Å². The fraction of sp³-hybridized carbons (Fsp3) is 1.00. The molecule has 1 saturated carbocycles. The van der Waals surface area contributed by atoms with Crippen LogP contribution >= 0.6 is 0 Å². The summed E-state index contributed by atoms with van der Waals surface area (Å²) >= 11 is 0. The van der Waals surface area contributed by atoms with E-state index in [9.17, 15) is 0 Å². The summed E-state index contributed by atoms with van der Waals surface area (Å²) in [7, 11) is 0. The van der Waals surface area contributed by atoms with Gasteiger partial charge in [0.25, 0.3) is 0 Å². The first-order valence-electron chi connectivity index (χ1n) is 9.11. The molecule has 1 heterocycles. The summed E-state index contributed by atoms with van der Waals surface area (Å²) in [5.74, 6) is 0.861. The van der Waals surface area contributed by atoms with Gasteiger partial charge in [0, 0.05) is 30.7 Å². The fourth-order valence-corrected chi connectivity index (χ4v) is 4.33. The van der Waals surface area contributed by atoms with Gasteiger partial charge in [0.1, 0.15) is 0 Å². The molecule has 0 aromatic carbocycles. The number of rotatable bonds is 5. The number of piperazine rings is 1. The van der Waals surface area contributed by atoms with E-state index in [1.807, 2.05) is 0 Å². The summed E-state index contributed by atoms with van der Waals surface area (Å²) in [5, 5.41) is 3.95. The molecule has 1 saturated heterocycles. The largest absolute Gasteiger partial charge is 0.308 e. The first-order valence-corrected chi connectivity index (χ1v) is 9.11. The van der Waals surface area contributed by atoms with Crippen molar-refractivity contribution in [3.8, 4) is 0 Å². The molecule has 2 fully saturated rings. The number of nitrogens with zero attached hydrogens (tertiary/aromatic N) is 1. The minimum atomic E-state index is 0.452. The zero-order valence-corrected chi connectivity index (χ0v) is 14.3. The van der Waals surface area contributed by atoms with E-state index >= 15 is 0 Å². The first kappa shape index (κ1) is 16.3. The van der Waals surface area contributed by atoms with Crippen LogP contribution in [0.5, 0.6) is 0 Å². The normalized spacial score (nSPS) is 30.3. The topological polar surface area (TPSA) is 15.3 Å². The fourth-order valence-electron chi connectivity index (χ4n) is 4.33. The monoisotopic (exact) mass is 280 g/mol. The zero-order valence-electron chi connectivity index (χ0n) is 14.3. The highest BCUT2D eigenvalue weighted by Gasteiger charge is 2.40. The van der Waals surface area contributed by atoms with Gasteiger partial charge in [0.15, 0.2) is 0 Å². The molecule has 0 aromatic heterocycles. The van der Waals surface area contributed by atoms with Crippen molar-refractivity contribution in [2.24, 2.45) is 5.92 Å². The van der Waals surface area contributed by atoms with Gasteiger partial charge in [-0.25, -0.2) is 0 Å². The maximum Gasteiger partial charge on any atom is 0.0309 e. The van der Waals surface area contributed by atoms with Crippen LogP contribution in [0.15, 0.2) is 0 Å². The van der Waals surface area contributed by atoms with Gasteiger partial charge in [-0.1, -0.05) is 46.5 Å². The smallest absolute Gasteiger partial charge is 0.0309 e. The van der Waals surface area contributed by atoms with Crippen molar-refractivity contribution in [1.29, 1.82) is 0 Å². The zero-order chi connectivity index (χ0) is 14.6. The Labute approximate surface area is 126 Å². The number of hydrogen-bond donors (Lipinski definition) is 1. The highest BCUT2D eigenvalue weighted by Crippen LogP contribution is 2.33. The molecule has 0 radical (unpaired) electrons. The van der Waals surface area contributed by atoms with Gasteiger partial charge in [0.05, 0.1) is 0 Å². The second-order valence-electron chi connectivity index (χ2n) is 7.55. The van der Waals surface area contributed by atoms with Crippen LogP contribution in [0.25, 0.3) is 0 Å². The summed E-state index contributed by atoms with van der Waals surface area (Å²) in [6.45, 7) is 12.1. The second-order valence-corrected chi connectivity index (χ2v) is 7.55. The van der Waals surface area contributed by atoms with E-state index in [0.29, 0.717) is 5.54 Å². The third kappa shape index (κ3) is 3.76. The van der Waals surface area contributed by atoms with Crippen molar-refractivity contribution in [3.05, 3.63) is 0 Å². The van der Waals surface area contributed by atoms with Gasteiger partial charge < -0.3 is 5.32 Å². The van der Waals surface area contributed by atoms with Gasteiger partial charge in [0.2, 0.25) is 0 Å². The number of hydrogen-bond acceptors (Lipinski definition) is 2. The van der Waals surface area contributed by atoms with Crippen LogP contribution in [-0.2, 0) is 0 Å². The predicted octanol–water partition coefficient (Wildman–Crippen LogP) is 4.20. The van der Waals surface area contributed by atoms with E-state index in [1.165, 1.54) is 64.5 Å². The van der Waals surface area contributed by atoms with Crippen molar-refractivity contribution < 1.29 is 0 Å². The Balaban J connectivity index is 2.01. The molecule has 2 rings (SSSR count). The lowest BCUT2D eigenvalue weighted by molar-refractivity contribution is 0.0209. The van der Waals surface area contributed by atoms with E-state index in [2.05, 4.69) is 37.9 Å². The highest BCUT2D eigenvalue weighted by atomic mass is 15.3. The van der Waals surface area contributed by atoms with Crippen LogP contribution in [-0.4, -0.2) is 35.6 Å². The molecule has 1 aliphatic heterocycles. The van der Waals surface area contributed by atoms with Crippen LogP contribution in [0.3, 0.4) is 0 Å². The van der Waals surface area contributed by atoms with Crippen molar-refractivity contribution in [2.45, 2.75) is 96.7 Å². The second kappa shape index (κ2) is 7.26. The molecule has 3 atom stereocenters. The molecule has 1 aliphatic carbocycles. The molecular weight excluding hydrogens is 244 g/mol. The molecule has 1 spiro atoms. The molecule has 118 valence electrons. The first-order chi connectivity index (χ1) is 9.60. The van der Waals surface area contributed by atoms with Gasteiger partial charge in [-0.05, 0) is 38.5 Å². The molecule has 0 bridgehead atoms. The molecule has 2 heteroatoms.